The predicted octanol–water partition coefficient (Wildman–Crippen LogP) is 3.27. The zero-order chi connectivity index (χ0) is 16.3. The van der Waals surface area contributed by atoms with Crippen LogP contribution in [0.3, 0.4) is 0 Å². The molecule has 2 aliphatic heterocycles. The maximum atomic E-state index is 13.7. The summed E-state index contributed by atoms with van der Waals surface area (Å²) in [7, 11) is 0. The summed E-state index contributed by atoms with van der Waals surface area (Å²) in [5.41, 5.74) is 10.8. The van der Waals surface area contributed by atoms with Gasteiger partial charge in [-0.25, -0.2) is 4.39 Å². The largest absolute Gasteiger partial charge is 0.483 e. The van der Waals surface area contributed by atoms with Crippen LogP contribution in [0.5, 0.6) is 5.75 Å². The molecule has 5 rings (SSSR count). The number of piperidine rings is 1. The van der Waals surface area contributed by atoms with Crippen LogP contribution >= 0.6 is 0 Å². The number of rotatable bonds is 1. The summed E-state index contributed by atoms with van der Waals surface area (Å²) in [6, 6.07) is 11.8. The molecule has 0 aromatic heterocycles. The van der Waals surface area contributed by atoms with Crippen molar-refractivity contribution in [3.05, 3.63) is 53.3 Å². The van der Waals surface area contributed by atoms with Gasteiger partial charge in [-0.05, 0) is 55.1 Å². The standard InChI is InChI=1S/C20H21FN2O/c21-13-6-7-18-16(10-13)15-5-1-3-12-9-17(20(24-18)19(12)15)23-8-2-4-14(22)11-23/h1,3,5-7,10,14,17,20H,2,4,8-9,11,22H2/t14-,17-,20-/m1/s1. The number of halogens is 1. The molecule has 2 aromatic rings. The summed E-state index contributed by atoms with van der Waals surface area (Å²) in [5.74, 6) is 0.573. The van der Waals surface area contributed by atoms with Crippen LogP contribution in [-0.4, -0.2) is 30.1 Å². The zero-order valence-corrected chi connectivity index (χ0v) is 13.5. The third-order valence-electron chi connectivity index (χ3n) is 5.70. The molecule has 124 valence electrons. The molecule has 4 heteroatoms. The molecule has 0 unspecified atom stereocenters. The minimum atomic E-state index is -0.218. The summed E-state index contributed by atoms with van der Waals surface area (Å²) in [4.78, 5) is 2.50. The first-order valence-corrected chi connectivity index (χ1v) is 8.79. The van der Waals surface area contributed by atoms with Crippen molar-refractivity contribution in [2.45, 2.75) is 37.5 Å². The molecule has 1 saturated heterocycles. The van der Waals surface area contributed by atoms with Crippen molar-refractivity contribution in [3.63, 3.8) is 0 Å². The molecule has 24 heavy (non-hydrogen) atoms. The lowest BCUT2D eigenvalue weighted by molar-refractivity contribution is 0.0581. The number of nitrogens with two attached hydrogens (primary N) is 1. The van der Waals surface area contributed by atoms with Crippen LogP contribution in [0.2, 0.25) is 0 Å². The molecule has 1 aliphatic carbocycles. The van der Waals surface area contributed by atoms with Crippen LogP contribution in [0.4, 0.5) is 4.39 Å². The van der Waals surface area contributed by atoms with E-state index in [0.717, 1.165) is 49.2 Å². The molecule has 2 heterocycles. The molecular weight excluding hydrogens is 303 g/mol. The highest BCUT2D eigenvalue weighted by atomic mass is 19.1. The van der Waals surface area contributed by atoms with Crippen molar-refractivity contribution in [2.75, 3.05) is 13.1 Å². The van der Waals surface area contributed by atoms with E-state index < -0.39 is 0 Å². The van der Waals surface area contributed by atoms with Crippen LogP contribution in [0.1, 0.15) is 30.1 Å². The highest BCUT2D eigenvalue weighted by Gasteiger charge is 2.43. The van der Waals surface area contributed by atoms with E-state index in [1.54, 1.807) is 12.1 Å². The molecule has 0 bridgehead atoms. The van der Waals surface area contributed by atoms with Gasteiger partial charge in [0.2, 0.25) is 0 Å². The normalized spacial score (nSPS) is 28.2. The van der Waals surface area contributed by atoms with E-state index in [1.807, 2.05) is 0 Å². The van der Waals surface area contributed by atoms with E-state index in [2.05, 4.69) is 23.1 Å². The van der Waals surface area contributed by atoms with E-state index in [9.17, 15) is 4.39 Å². The van der Waals surface area contributed by atoms with E-state index in [0.29, 0.717) is 6.04 Å². The predicted molar refractivity (Wildman–Crippen MR) is 91.5 cm³/mol. The van der Waals surface area contributed by atoms with Gasteiger partial charge in [0.05, 0.1) is 6.04 Å². The SMILES string of the molecule is N[C@@H]1CCCN([C@@H]2Cc3cccc4c3[C@@H]2Oc2ccc(F)cc2-4)C1. The maximum absolute atomic E-state index is 13.7. The maximum Gasteiger partial charge on any atom is 0.140 e. The molecule has 0 amide bonds. The molecular formula is C20H21FN2O. The first-order chi connectivity index (χ1) is 11.7. The third-order valence-corrected chi connectivity index (χ3v) is 5.70. The number of hydrogen-bond donors (Lipinski definition) is 1. The highest BCUT2D eigenvalue weighted by Crippen LogP contribution is 2.50. The fraction of sp³-hybridized carbons (Fsp3) is 0.400. The number of nitrogens with zero attached hydrogens (tertiary/aromatic N) is 1. The lowest BCUT2D eigenvalue weighted by atomic mass is 9.92. The Balaban J connectivity index is 1.59. The van der Waals surface area contributed by atoms with E-state index >= 15 is 0 Å². The van der Waals surface area contributed by atoms with E-state index in [4.69, 9.17) is 10.5 Å². The minimum absolute atomic E-state index is 0.0273. The average Bonchev–Trinajstić information content (AvgIpc) is 2.96. The van der Waals surface area contributed by atoms with Crippen molar-refractivity contribution in [3.8, 4) is 16.9 Å². The highest BCUT2D eigenvalue weighted by molar-refractivity contribution is 5.78. The summed E-state index contributed by atoms with van der Waals surface area (Å²) < 4.78 is 20.1. The Morgan fingerprint density at radius 2 is 2.08 bits per heavy atom. The molecule has 3 atom stereocenters. The smallest absolute Gasteiger partial charge is 0.140 e. The Labute approximate surface area is 141 Å². The van der Waals surface area contributed by atoms with E-state index in [-0.39, 0.29) is 18.0 Å². The van der Waals surface area contributed by atoms with Crippen molar-refractivity contribution < 1.29 is 9.13 Å². The second kappa shape index (κ2) is 5.30. The molecule has 0 radical (unpaired) electrons. The second-order valence-electron chi connectivity index (χ2n) is 7.23. The van der Waals surface area contributed by atoms with Gasteiger partial charge in [0.25, 0.3) is 0 Å². The summed E-state index contributed by atoms with van der Waals surface area (Å²) >= 11 is 0. The first-order valence-electron chi connectivity index (χ1n) is 8.79. The fourth-order valence-electron chi connectivity index (χ4n) is 4.64. The monoisotopic (exact) mass is 324 g/mol. The quantitative estimate of drug-likeness (QED) is 0.875. The van der Waals surface area contributed by atoms with Crippen LogP contribution in [0.15, 0.2) is 36.4 Å². The van der Waals surface area contributed by atoms with Crippen LogP contribution in [0, 0.1) is 5.82 Å². The lowest BCUT2D eigenvalue weighted by Crippen LogP contribution is -2.50. The van der Waals surface area contributed by atoms with Crippen molar-refractivity contribution >= 4 is 0 Å². The minimum Gasteiger partial charge on any atom is -0.483 e. The molecule has 2 aromatic carbocycles. The van der Waals surface area contributed by atoms with Gasteiger partial charge >= 0.3 is 0 Å². The average molecular weight is 324 g/mol. The van der Waals surface area contributed by atoms with Gasteiger partial charge in [0, 0.05) is 23.7 Å². The summed E-state index contributed by atoms with van der Waals surface area (Å²) in [5, 5.41) is 0. The van der Waals surface area contributed by atoms with Gasteiger partial charge < -0.3 is 10.5 Å². The topological polar surface area (TPSA) is 38.5 Å². The molecule has 1 fully saturated rings. The Morgan fingerprint density at radius 1 is 1.17 bits per heavy atom. The Hall–Kier alpha value is -1.91. The summed E-state index contributed by atoms with van der Waals surface area (Å²) in [6.07, 6.45) is 3.26. The van der Waals surface area contributed by atoms with Crippen LogP contribution in [0.25, 0.3) is 11.1 Å². The first kappa shape index (κ1) is 14.4. The Bertz CT molecular complexity index is 806. The van der Waals surface area contributed by atoms with Crippen molar-refractivity contribution in [2.24, 2.45) is 5.73 Å². The zero-order valence-electron chi connectivity index (χ0n) is 13.5. The second-order valence-corrected chi connectivity index (χ2v) is 7.23. The van der Waals surface area contributed by atoms with Gasteiger partial charge in [-0.3, -0.25) is 4.90 Å². The van der Waals surface area contributed by atoms with Crippen molar-refractivity contribution in [1.82, 2.24) is 4.90 Å². The van der Waals surface area contributed by atoms with Gasteiger partial charge in [-0.15, -0.1) is 0 Å². The third kappa shape index (κ3) is 2.10. The Morgan fingerprint density at radius 3 is 2.96 bits per heavy atom. The van der Waals surface area contributed by atoms with Crippen LogP contribution in [-0.2, 0) is 6.42 Å². The van der Waals surface area contributed by atoms with Gasteiger partial charge in [0.15, 0.2) is 0 Å². The molecule has 2 N–H and O–H groups in total. The fourth-order valence-corrected chi connectivity index (χ4v) is 4.64. The molecule has 3 nitrogen and oxygen atoms in total. The number of ether oxygens (including phenoxy) is 1. The van der Waals surface area contributed by atoms with Gasteiger partial charge in [-0.2, -0.15) is 0 Å². The Kier molecular flexibility index (Phi) is 3.19. The van der Waals surface area contributed by atoms with Gasteiger partial charge in [-0.1, -0.05) is 18.2 Å². The number of benzene rings is 2. The van der Waals surface area contributed by atoms with Crippen LogP contribution < -0.4 is 10.5 Å². The summed E-state index contributed by atoms with van der Waals surface area (Å²) in [6.45, 7) is 2.02. The van der Waals surface area contributed by atoms with E-state index in [1.165, 1.54) is 17.2 Å². The number of likely N-dealkylation sites (tertiary alicyclic amines) is 1. The lowest BCUT2D eigenvalue weighted by Gasteiger charge is -2.39. The number of fused-ring (bicyclic) bond motifs is 2. The number of hydrogen-bond acceptors (Lipinski definition) is 3. The molecule has 0 saturated carbocycles. The molecule has 3 aliphatic rings. The van der Waals surface area contributed by atoms with Crippen molar-refractivity contribution in [1.29, 1.82) is 0 Å². The van der Waals surface area contributed by atoms with Gasteiger partial charge in [0.1, 0.15) is 17.7 Å². The molecule has 0 spiro atoms.